The van der Waals surface area contributed by atoms with Crippen molar-refractivity contribution in [3.8, 4) is 17.5 Å². The van der Waals surface area contributed by atoms with Gasteiger partial charge in [0, 0.05) is 38.5 Å². The maximum absolute atomic E-state index is 13.1. The number of morpholine rings is 1. The summed E-state index contributed by atoms with van der Waals surface area (Å²) < 4.78 is 54.0. The zero-order valence-corrected chi connectivity index (χ0v) is 24.3. The normalized spacial score (nSPS) is 14.5. The Bertz CT molecular complexity index is 1480. The van der Waals surface area contributed by atoms with Crippen molar-refractivity contribution >= 4 is 27.7 Å². The Morgan fingerprint density at radius 1 is 1.05 bits per heavy atom. The Kier molecular flexibility index (Phi) is 10.4. The minimum Gasteiger partial charge on any atom is -0.472 e. The van der Waals surface area contributed by atoms with E-state index in [0.29, 0.717) is 24.5 Å². The molecule has 1 aliphatic rings. The van der Waals surface area contributed by atoms with Gasteiger partial charge in [-0.25, -0.2) is 13.4 Å². The van der Waals surface area contributed by atoms with E-state index in [9.17, 15) is 18.0 Å². The van der Waals surface area contributed by atoms with Crippen LogP contribution in [-0.4, -0.2) is 87.8 Å². The van der Waals surface area contributed by atoms with Gasteiger partial charge < -0.3 is 29.0 Å². The van der Waals surface area contributed by atoms with Crippen LogP contribution in [0.2, 0.25) is 0 Å². The van der Waals surface area contributed by atoms with E-state index in [-0.39, 0.29) is 60.3 Å². The van der Waals surface area contributed by atoms with Crippen molar-refractivity contribution < 1.29 is 41.7 Å². The summed E-state index contributed by atoms with van der Waals surface area (Å²) in [6.45, 7) is 3.34. The smallest absolute Gasteiger partial charge is 0.310 e. The minimum atomic E-state index is -3.67. The molecular formula is C28H32N4O9S. The number of nitrogens with zero attached hydrogens (tertiary/aromatic N) is 3. The summed E-state index contributed by atoms with van der Waals surface area (Å²) in [5, 5.41) is 2.69. The van der Waals surface area contributed by atoms with Crippen molar-refractivity contribution in [1.29, 1.82) is 0 Å². The summed E-state index contributed by atoms with van der Waals surface area (Å²) in [5.74, 6) is -0.171. The minimum absolute atomic E-state index is 0.0486. The average molecular weight is 601 g/mol. The highest BCUT2D eigenvalue weighted by Gasteiger charge is 2.26. The number of benzene rings is 1. The molecule has 0 saturated carbocycles. The number of methoxy groups -OCH3 is 2. The molecule has 1 saturated heterocycles. The number of carbonyl (C=O) groups is 2. The molecule has 1 amide bonds. The number of anilines is 1. The molecule has 0 aliphatic carbocycles. The van der Waals surface area contributed by atoms with Gasteiger partial charge in [-0.2, -0.15) is 9.29 Å². The van der Waals surface area contributed by atoms with Crippen LogP contribution in [0.3, 0.4) is 0 Å². The Balaban J connectivity index is 1.52. The number of sulfonamides is 1. The fourth-order valence-corrected chi connectivity index (χ4v) is 5.37. The third-order valence-electron chi connectivity index (χ3n) is 6.06. The summed E-state index contributed by atoms with van der Waals surface area (Å²) in [7, 11) is -0.824. The molecule has 13 nitrogen and oxygen atoms in total. The predicted molar refractivity (Wildman–Crippen MR) is 150 cm³/mol. The molecule has 1 atom stereocenters. The van der Waals surface area contributed by atoms with E-state index in [0.717, 1.165) is 0 Å². The molecule has 0 unspecified atom stereocenters. The number of ether oxygens (including phenoxy) is 5. The van der Waals surface area contributed by atoms with Gasteiger partial charge in [0.2, 0.25) is 21.8 Å². The van der Waals surface area contributed by atoms with Crippen molar-refractivity contribution in [1.82, 2.24) is 14.3 Å². The largest absolute Gasteiger partial charge is 0.472 e. The van der Waals surface area contributed by atoms with Crippen LogP contribution < -0.4 is 14.8 Å². The van der Waals surface area contributed by atoms with Gasteiger partial charge in [0.05, 0.1) is 43.8 Å². The molecule has 1 aromatic carbocycles. The zero-order valence-electron chi connectivity index (χ0n) is 23.4. The number of esters is 1. The van der Waals surface area contributed by atoms with Crippen LogP contribution in [0.5, 0.6) is 17.5 Å². The molecule has 1 N–H and O–H groups in total. The zero-order chi connectivity index (χ0) is 30.1. The number of nitrogens with one attached hydrogen (secondary N) is 1. The van der Waals surface area contributed by atoms with Crippen LogP contribution in [0.4, 0.5) is 5.82 Å². The Morgan fingerprint density at radius 2 is 1.76 bits per heavy atom. The fraction of sp³-hybridized carbons (Fsp3) is 0.357. The highest BCUT2D eigenvalue weighted by molar-refractivity contribution is 7.89. The molecule has 0 bridgehead atoms. The third-order valence-corrected chi connectivity index (χ3v) is 7.97. The number of amides is 1. The Hall–Kier alpha value is -4.11. The Labute approximate surface area is 243 Å². The van der Waals surface area contributed by atoms with Crippen molar-refractivity contribution in [2.45, 2.75) is 24.3 Å². The van der Waals surface area contributed by atoms with E-state index in [1.807, 2.05) is 0 Å². The van der Waals surface area contributed by atoms with Crippen LogP contribution in [0.1, 0.15) is 22.8 Å². The summed E-state index contributed by atoms with van der Waals surface area (Å²) in [5.41, 5.74) is 0.803. The molecule has 3 heterocycles. The molecule has 1 aliphatic heterocycles. The average Bonchev–Trinajstić information content (AvgIpc) is 2.98. The maximum Gasteiger partial charge on any atom is 0.310 e. The first kappa shape index (κ1) is 30.8. The van der Waals surface area contributed by atoms with Gasteiger partial charge >= 0.3 is 5.97 Å². The molecule has 42 heavy (non-hydrogen) atoms. The van der Waals surface area contributed by atoms with Crippen LogP contribution in [0.25, 0.3) is 0 Å². The SMILES string of the molecule is COC[C@@H](C)Oc1cc(C(=O)Nc2ccc(CC(=O)OC)cn2)cc(Oc2ccc(S(=O)(=O)N3CCOCC3)cc2)n1. The van der Waals surface area contributed by atoms with E-state index in [1.165, 1.54) is 61.1 Å². The molecule has 0 spiro atoms. The second-order valence-electron chi connectivity index (χ2n) is 9.26. The monoisotopic (exact) mass is 600 g/mol. The highest BCUT2D eigenvalue weighted by atomic mass is 32.2. The van der Waals surface area contributed by atoms with Crippen molar-refractivity contribution in [3.63, 3.8) is 0 Å². The van der Waals surface area contributed by atoms with E-state index in [1.54, 1.807) is 19.1 Å². The van der Waals surface area contributed by atoms with Crippen molar-refractivity contribution in [2.75, 3.05) is 52.4 Å². The first-order valence-corrected chi connectivity index (χ1v) is 14.5. The molecule has 1 fully saturated rings. The topological polar surface area (TPSA) is 155 Å². The standard InChI is InChI=1S/C28H32N4O9S/c1-19(18-37-2)40-25-15-21(28(34)30-24-9-4-20(17-29-24)14-27(33)38-3)16-26(31-25)41-22-5-7-23(8-6-22)42(35,36)32-10-12-39-13-11-32/h4-9,15-17,19H,10-14,18H2,1-3H3,(H,29,30,34)/t19-/m1/s1. The van der Waals surface area contributed by atoms with E-state index < -0.39 is 21.9 Å². The quantitative estimate of drug-likeness (QED) is 0.305. The summed E-state index contributed by atoms with van der Waals surface area (Å²) in [6.07, 6.45) is 1.16. The number of rotatable bonds is 12. The van der Waals surface area contributed by atoms with E-state index >= 15 is 0 Å². The number of hydrogen-bond donors (Lipinski definition) is 1. The van der Waals surface area contributed by atoms with Gasteiger partial charge in [0.1, 0.15) is 17.7 Å². The molecule has 14 heteroatoms. The lowest BCUT2D eigenvalue weighted by Crippen LogP contribution is -2.40. The van der Waals surface area contributed by atoms with Gasteiger partial charge in [0.15, 0.2) is 0 Å². The lowest BCUT2D eigenvalue weighted by molar-refractivity contribution is -0.139. The molecule has 4 rings (SSSR count). The second kappa shape index (κ2) is 14.2. The van der Waals surface area contributed by atoms with Gasteiger partial charge in [-0.3, -0.25) is 9.59 Å². The van der Waals surface area contributed by atoms with Gasteiger partial charge in [-0.15, -0.1) is 0 Å². The second-order valence-corrected chi connectivity index (χ2v) is 11.2. The Morgan fingerprint density at radius 3 is 2.40 bits per heavy atom. The number of carbonyl (C=O) groups excluding carboxylic acids is 2. The van der Waals surface area contributed by atoms with Gasteiger partial charge in [-0.05, 0) is 42.8 Å². The first-order valence-electron chi connectivity index (χ1n) is 13.0. The summed E-state index contributed by atoms with van der Waals surface area (Å²) in [4.78, 5) is 33.3. The van der Waals surface area contributed by atoms with Gasteiger partial charge in [0.25, 0.3) is 5.91 Å². The molecular weight excluding hydrogens is 568 g/mol. The molecule has 2 aromatic heterocycles. The predicted octanol–water partition coefficient (Wildman–Crippen LogP) is 2.67. The van der Waals surface area contributed by atoms with Crippen LogP contribution >= 0.6 is 0 Å². The molecule has 0 radical (unpaired) electrons. The van der Waals surface area contributed by atoms with Crippen molar-refractivity contribution in [3.05, 3.63) is 65.9 Å². The van der Waals surface area contributed by atoms with Crippen LogP contribution in [0.15, 0.2) is 59.6 Å². The lowest BCUT2D eigenvalue weighted by atomic mass is 10.2. The number of pyridine rings is 2. The summed E-state index contributed by atoms with van der Waals surface area (Å²) >= 11 is 0. The van der Waals surface area contributed by atoms with Crippen molar-refractivity contribution in [2.24, 2.45) is 0 Å². The van der Waals surface area contributed by atoms with E-state index in [2.05, 4.69) is 20.0 Å². The lowest BCUT2D eigenvalue weighted by Gasteiger charge is -2.26. The highest BCUT2D eigenvalue weighted by Crippen LogP contribution is 2.27. The number of aromatic nitrogens is 2. The maximum atomic E-state index is 13.1. The third kappa shape index (κ3) is 8.22. The molecule has 224 valence electrons. The fourth-order valence-electron chi connectivity index (χ4n) is 3.97. The number of hydrogen-bond acceptors (Lipinski definition) is 11. The van der Waals surface area contributed by atoms with E-state index in [4.69, 9.17) is 18.9 Å². The van der Waals surface area contributed by atoms with Gasteiger partial charge in [-0.1, -0.05) is 6.07 Å². The van der Waals surface area contributed by atoms with Crippen LogP contribution in [0, 0.1) is 0 Å². The molecule has 3 aromatic rings. The first-order chi connectivity index (χ1) is 20.2. The summed E-state index contributed by atoms with van der Waals surface area (Å²) in [6, 6.07) is 12.0. The van der Waals surface area contributed by atoms with Crippen LogP contribution in [-0.2, 0) is 35.4 Å².